The van der Waals surface area contributed by atoms with Crippen molar-refractivity contribution in [3.8, 4) is 0 Å². The largest absolute Gasteiger partial charge is 0.299 e. The van der Waals surface area contributed by atoms with Gasteiger partial charge in [0.1, 0.15) is 0 Å². The number of hydrogen-bond donors (Lipinski definition) is 1. The lowest BCUT2D eigenvalue weighted by molar-refractivity contribution is 0.260. The number of halogens is 2. The van der Waals surface area contributed by atoms with Gasteiger partial charge in [-0.1, -0.05) is 15.9 Å². The third-order valence-electron chi connectivity index (χ3n) is 3.52. The van der Waals surface area contributed by atoms with E-state index < -0.39 is 10.0 Å². The molecule has 1 unspecified atom stereocenters. The van der Waals surface area contributed by atoms with Crippen molar-refractivity contribution in [2.45, 2.75) is 30.7 Å². The molecular formula is C13H18Br2N2O2S. The van der Waals surface area contributed by atoms with Crippen molar-refractivity contribution in [1.82, 2.24) is 9.62 Å². The van der Waals surface area contributed by atoms with E-state index in [0.717, 1.165) is 17.6 Å². The zero-order chi connectivity index (χ0) is 14.8. The van der Waals surface area contributed by atoms with Crippen LogP contribution in [0.5, 0.6) is 0 Å². The van der Waals surface area contributed by atoms with Crippen molar-refractivity contribution in [2.75, 3.05) is 19.6 Å². The van der Waals surface area contributed by atoms with E-state index in [1.54, 1.807) is 18.2 Å². The molecular weight excluding hydrogens is 408 g/mol. The van der Waals surface area contributed by atoms with Crippen LogP contribution in [0, 0.1) is 0 Å². The van der Waals surface area contributed by atoms with Gasteiger partial charge in [-0.2, -0.15) is 0 Å². The van der Waals surface area contributed by atoms with Crippen molar-refractivity contribution in [2.24, 2.45) is 0 Å². The van der Waals surface area contributed by atoms with Gasteiger partial charge in [0, 0.05) is 21.5 Å². The van der Waals surface area contributed by atoms with Crippen molar-refractivity contribution in [1.29, 1.82) is 0 Å². The molecule has 0 bridgehead atoms. The fourth-order valence-electron chi connectivity index (χ4n) is 2.30. The fraction of sp³-hybridized carbons (Fsp3) is 0.538. The normalized spacial score (nSPS) is 18.4. The summed E-state index contributed by atoms with van der Waals surface area (Å²) < 4.78 is 28.7. The highest BCUT2D eigenvalue weighted by Gasteiger charge is 2.22. The summed E-state index contributed by atoms with van der Waals surface area (Å²) in [6, 6.07) is 5.35. The van der Waals surface area contributed by atoms with Gasteiger partial charge in [-0.3, -0.25) is 4.90 Å². The highest BCUT2D eigenvalue weighted by molar-refractivity contribution is 9.11. The highest BCUT2D eigenvalue weighted by Crippen LogP contribution is 2.25. The van der Waals surface area contributed by atoms with Crippen LogP contribution in [0.25, 0.3) is 0 Å². The quantitative estimate of drug-likeness (QED) is 0.788. The van der Waals surface area contributed by atoms with Crippen LogP contribution in [0.2, 0.25) is 0 Å². The highest BCUT2D eigenvalue weighted by atomic mass is 79.9. The molecule has 7 heteroatoms. The molecule has 1 N–H and O–H groups in total. The first kappa shape index (κ1) is 16.4. The van der Waals surface area contributed by atoms with Crippen LogP contribution in [0.3, 0.4) is 0 Å². The van der Waals surface area contributed by atoms with E-state index in [9.17, 15) is 8.42 Å². The summed E-state index contributed by atoms with van der Waals surface area (Å²) in [6.07, 6.45) is 2.41. The van der Waals surface area contributed by atoms with E-state index in [1.807, 2.05) is 0 Å². The first-order valence-corrected chi connectivity index (χ1v) is 9.66. The Morgan fingerprint density at radius 2 is 1.95 bits per heavy atom. The fourth-order valence-corrected chi connectivity index (χ4v) is 4.92. The molecule has 20 heavy (non-hydrogen) atoms. The number of nitrogens with one attached hydrogen (secondary N) is 1. The summed E-state index contributed by atoms with van der Waals surface area (Å²) in [6.45, 7) is 4.61. The summed E-state index contributed by atoms with van der Waals surface area (Å²) >= 11 is 6.59. The number of nitrogens with zero attached hydrogens (tertiary/aromatic N) is 1. The number of likely N-dealkylation sites (tertiary alicyclic amines) is 1. The van der Waals surface area contributed by atoms with Gasteiger partial charge in [-0.15, -0.1) is 0 Å². The number of sulfonamides is 1. The van der Waals surface area contributed by atoms with Crippen LogP contribution in [0.15, 0.2) is 32.0 Å². The Hall–Kier alpha value is 0.0500. The minimum atomic E-state index is -3.49. The average Bonchev–Trinajstić information content (AvgIpc) is 2.93. The average molecular weight is 426 g/mol. The molecule has 1 aromatic rings. The first-order valence-electron chi connectivity index (χ1n) is 6.59. The zero-order valence-electron chi connectivity index (χ0n) is 11.3. The summed E-state index contributed by atoms with van der Waals surface area (Å²) in [7, 11) is -3.49. The van der Waals surface area contributed by atoms with Crippen LogP contribution < -0.4 is 4.72 Å². The molecule has 1 aromatic carbocycles. The van der Waals surface area contributed by atoms with Crippen molar-refractivity contribution in [3.05, 3.63) is 27.1 Å². The van der Waals surface area contributed by atoms with Gasteiger partial charge < -0.3 is 0 Å². The number of hydrogen-bond acceptors (Lipinski definition) is 3. The van der Waals surface area contributed by atoms with Crippen LogP contribution in [0.1, 0.15) is 19.8 Å². The Morgan fingerprint density at radius 1 is 1.30 bits per heavy atom. The Kier molecular flexibility index (Phi) is 5.64. The zero-order valence-corrected chi connectivity index (χ0v) is 15.3. The van der Waals surface area contributed by atoms with Gasteiger partial charge in [0.25, 0.3) is 0 Å². The topological polar surface area (TPSA) is 49.4 Å². The summed E-state index contributed by atoms with van der Waals surface area (Å²) in [5.74, 6) is 0. The Bertz CT molecular complexity index is 572. The number of benzene rings is 1. The molecule has 4 nitrogen and oxygen atoms in total. The second-order valence-corrected chi connectivity index (χ2v) is 8.52. The van der Waals surface area contributed by atoms with Gasteiger partial charge in [-0.25, -0.2) is 13.1 Å². The molecule has 0 spiro atoms. The second kappa shape index (κ2) is 6.87. The third kappa shape index (κ3) is 4.04. The molecule has 1 aliphatic rings. The molecule has 0 aliphatic carbocycles. The molecule has 1 saturated heterocycles. The van der Waals surface area contributed by atoms with E-state index >= 15 is 0 Å². The third-order valence-corrected chi connectivity index (χ3v) is 6.43. The van der Waals surface area contributed by atoms with Gasteiger partial charge in [0.15, 0.2) is 0 Å². The van der Waals surface area contributed by atoms with Crippen molar-refractivity contribution in [3.63, 3.8) is 0 Å². The van der Waals surface area contributed by atoms with Crippen LogP contribution in [-0.4, -0.2) is 39.0 Å². The van der Waals surface area contributed by atoms with Crippen molar-refractivity contribution >= 4 is 41.9 Å². The van der Waals surface area contributed by atoms with Crippen LogP contribution in [-0.2, 0) is 10.0 Å². The van der Waals surface area contributed by atoms with Gasteiger partial charge in [0.2, 0.25) is 10.0 Å². The van der Waals surface area contributed by atoms with E-state index in [2.05, 4.69) is 48.4 Å². The van der Waals surface area contributed by atoms with Gasteiger partial charge in [0.05, 0.1) is 4.90 Å². The molecule has 1 fully saturated rings. The second-order valence-electron chi connectivity index (χ2n) is 5.02. The molecule has 2 rings (SSSR count). The Labute approximate surface area is 137 Å². The van der Waals surface area contributed by atoms with E-state index in [0.29, 0.717) is 11.0 Å². The molecule has 0 saturated carbocycles. The number of rotatable bonds is 5. The predicted molar refractivity (Wildman–Crippen MR) is 87.3 cm³/mol. The SMILES string of the molecule is CC(CNS(=O)(=O)c1cc(Br)ccc1Br)N1CCCC1. The smallest absolute Gasteiger partial charge is 0.241 e. The van der Waals surface area contributed by atoms with Gasteiger partial charge in [-0.05, 0) is 67.0 Å². The maximum atomic E-state index is 12.3. The summed E-state index contributed by atoms with van der Waals surface area (Å²) in [4.78, 5) is 2.58. The van der Waals surface area contributed by atoms with Crippen LogP contribution >= 0.6 is 31.9 Å². The molecule has 1 atom stereocenters. The molecule has 0 amide bonds. The minimum Gasteiger partial charge on any atom is -0.299 e. The van der Waals surface area contributed by atoms with Crippen LogP contribution in [0.4, 0.5) is 0 Å². The van der Waals surface area contributed by atoms with E-state index in [1.165, 1.54) is 12.8 Å². The lowest BCUT2D eigenvalue weighted by Gasteiger charge is -2.23. The molecule has 0 aromatic heterocycles. The van der Waals surface area contributed by atoms with E-state index in [4.69, 9.17) is 0 Å². The molecule has 112 valence electrons. The Morgan fingerprint density at radius 3 is 2.60 bits per heavy atom. The first-order chi connectivity index (χ1) is 9.40. The molecule has 1 aliphatic heterocycles. The maximum absolute atomic E-state index is 12.3. The van der Waals surface area contributed by atoms with Gasteiger partial charge >= 0.3 is 0 Å². The Balaban J connectivity index is 2.05. The van der Waals surface area contributed by atoms with Crippen molar-refractivity contribution < 1.29 is 8.42 Å². The maximum Gasteiger partial charge on any atom is 0.241 e. The molecule has 0 radical (unpaired) electrons. The predicted octanol–water partition coefficient (Wildman–Crippen LogP) is 2.97. The van der Waals surface area contributed by atoms with E-state index in [-0.39, 0.29) is 10.9 Å². The molecule has 1 heterocycles. The monoisotopic (exact) mass is 424 g/mol. The summed E-state index contributed by atoms with van der Waals surface area (Å²) in [5.41, 5.74) is 0. The lowest BCUT2D eigenvalue weighted by Crippen LogP contribution is -2.40. The lowest BCUT2D eigenvalue weighted by atomic mass is 10.3. The minimum absolute atomic E-state index is 0.221. The summed E-state index contributed by atoms with van der Waals surface area (Å²) in [5, 5.41) is 0. The standard InChI is InChI=1S/C13H18Br2N2O2S/c1-10(17-6-2-3-7-17)9-16-20(18,19)13-8-11(14)4-5-12(13)15/h4-5,8,10,16H,2-3,6-7,9H2,1H3.